The number of hydrogen-bond acceptors (Lipinski definition) is 6. The summed E-state index contributed by atoms with van der Waals surface area (Å²) in [7, 11) is 3.14. The predicted molar refractivity (Wildman–Crippen MR) is 65.8 cm³/mol. The fourth-order valence-electron chi connectivity index (χ4n) is 1.42. The number of anilines is 2. The SMILES string of the molecule is CNc1nc(N(C)CC(F)F)nc(-n2ccnc2)n1. The molecule has 102 valence electrons. The van der Waals surface area contributed by atoms with Crippen LogP contribution in [0.1, 0.15) is 0 Å². The first kappa shape index (κ1) is 13.1. The summed E-state index contributed by atoms with van der Waals surface area (Å²) in [6.45, 7) is -0.448. The molecular formula is C10H13F2N7. The summed E-state index contributed by atoms with van der Waals surface area (Å²) in [5.41, 5.74) is 0. The molecule has 9 heteroatoms. The van der Waals surface area contributed by atoms with Crippen LogP contribution in [0.5, 0.6) is 0 Å². The molecule has 0 saturated heterocycles. The van der Waals surface area contributed by atoms with Gasteiger partial charge in [-0.15, -0.1) is 0 Å². The van der Waals surface area contributed by atoms with Gasteiger partial charge in [0.15, 0.2) is 0 Å². The molecule has 2 aromatic rings. The number of hydrogen-bond donors (Lipinski definition) is 1. The number of halogens is 2. The van der Waals surface area contributed by atoms with Crippen LogP contribution in [0.2, 0.25) is 0 Å². The van der Waals surface area contributed by atoms with E-state index in [1.54, 1.807) is 24.0 Å². The van der Waals surface area contributed by atoms with Crippen LogP contribution in [0.15, 0.2) is 18.7 Å². The first-order chi connectivity index (χ1) is 9.10. The second kappa shape index (κ2) is 5.55. The number of nitrogens with zero attached hydrogens (tertiary/aromatic N) is 6. The standard InChI is InChI=1S/C10H13F2N7/c1-13-8-15-9(18(2)5-7(11)12)17-10(16-8)19-4-3-14-6-19/h3-4,6-7H,5H2,1-2H3,(H,13,15,16,17). The van der Waals surface area contributed by atoms with Gasteiger partial charge in [-0.1, -0.05) is 0 Å². The zero-order chi connectivity index (χ0) is 13.8. The zero-order valence-corrected chi connectivity index (χ0v) is 10.5. The van der Waals surface area contributed by atoms with Crippen molar-refractivity contribution in [3.63, 3.8) is 0 Å². The number of nitrogens with one attached hydrogen (secondary N) is 1. The minimum atomic E-state index is -2.46. The molecule has 0 unspecified atom stereocenters. The molecule has 0 amide bonds. The lowest BCUT2D eigenvalue weighted by Gasteiger charge is -2.17. The van der Waals surface area contributed by atoms with Crippen LogP contribution in [-0.4, -0.2) is 51.6 Å². The van der Waals surface area contributed by atoms with Crippen LogP contribution in [-0.2, 0) is 0 Å². The van der Waals surface area contributed by atoms with E-state index in [4.69, 9.17) is 0 Å². The van der Waals surface area contributed by atoms with Gasteiger partial charge in [-0.05, 0) is 0 Å². The predicted octanol–water partition coefficient (Wildman–Crippen LogP) is 0.800. The van der Waals surface area contributed by atoms with Crippen molar-refractivity contribution in [2.24, 2.45) is 0 Å². The van der Waals surface area contributed by atoms with Gasteiger partial charge < -0.3 is 10.2 Å². The van der Waals surface area contributed by atoms with E-state index in [1.165, 1.54) is 18.3 Å². The van der Waals surface area contributed by atoms with Crippen molar-refractivity contribution in [3.05, 3.63) is 18.7 Å². The van der Waals surface area contributed by atoms with Crippen molar-refractivity contribution in [1.29, 1.82) is 0 Å². The Bertz CT molecular complexity index is 529. The summed E-state index contributed by atoms with van der Waals surface area (Å²) >= 11 is 0. The van der Waals surface area contributed by atoms with Crippen LogP contribution >= 0.6 is 0 Å². The van der Waals surface area contributed by atoms with E-state index >= 15 is 0 Å². The molecule has 0 aromatic carbocycles. The van der Waals surface area contributed by atoms with Gasteiger partial charge in [0.2, 0.25) is 17.8 Å². The second-order valence-corrected chi connectivity index (χ2v) is 3.75. The molecule has 2 heterocycles. The van der Waals surface area contributed by atoms with E-state index in [0.717, 1.165) is 0 Å². The fourth-order valence-corrected chi connectivity index (χ4v) is 1.42. The topological polar surface area (TPSA) is 71.8 Å². The van der Waals surface area contributed by atoms with Crippen LogP contribution < -0.4 is 10.2 Å². The normalized spacial score (nSPS) is 10.8. The van der Waals surface area contributed by atoms with Gasteiger partial charge in [0.05, 0.1) is 6.54 Å². The molecule has 0 aliphatic rings. The molecule has 0 atom stereocenters. The molecule has 0 spiro atoms. The van der Waals surface area contributed by atoms with E-state index in [9.17, 15) is 8.78 Å². The average molecular weight is 269 g/mol. The van der Waals surface area contributed by atoms with Gasteiger partial charge in [0.1, 0.15) is 6.33 Å². The molecular weight excluding hydrogens is 256 g/mol. The largest absolute Gasteiger partial charge is 0.357 e. The van der Waals surface area contributed by atoms with Crippen molar-refractivity contribution < 1.29 is 8.78 Å². The summed E-state index contributed by atoms with van der Waals surface area (Å²) < 4.78 is 26.3. The van der Waals surface area contributed by atoms with E-state index in [-0.39, 0.29) is 5.95 Å². The molecule has 2 aromatic heterocycles. The van der Waals surface area contributed by atoms with Gasteiger partial charge in [-0.3, -0.25) is 4.57 Å². The van der Waals surface area contributed by atoms with Crippen LogP contribution in [0.3, 0.4) is 0 Å². The van der Waals surface area contributed by atoms with Crippen LogP contribution in [0, 0.1) is 0 Å². The maximum atomic E-state index is 12.4. The number of aromatic nitrogens is 5. The van der Waals surface area contributed by atoms with Crippen molar-refractivity contribution in [3.8, 4) is 5.95 Å². The van der Waals surface area contributed by atoms with Gasteiger partial charge in [0, 0.05) is 26.5 Å². The Balaban J connectivity index is 2.36. The summed E-state index contributed by atoms with van der Waals surface area (Å²) in [5, 5.41) is 2.77. The van der Waals surface area contributed by atoms with Gasteiger partial charge in [-0.25, -0.2) is 13.8 Å². The highest BCUT2D eigenvalue weighted by Gasteiger charge is 2.14. The minimum absolute atomic E-state index is 0.170. The lowest BCUT2D eigenvalue weighted by atomic mass is 10.6. The van der Waals surface area contributed by atoms with Crippen LogP contribution in [0.4, 0.5) is 20.7 Å². The monoisotopic (exact) mass is 269 g/mol. The van der Waals surface area contributed by atoms with Gasteiger partial charge in [0.25, 0.3) is 6.43 Å². The number of imidazole rings is 1. The zero-order valence-electron chi connectivity index (χ0n) is 10.5. The van der Waals surface area contributed by atoms with E-state index in [1.807, 2.05) is 0 Å². The molecule has 0 saturated carbocycles. The highest BCUT2D eigenvalue weighted by atomic mass is 19.3. The molecule has 0 fully saturated rings. The van der Waals surface area contributed by atoms with E-state index in [0.29, 0.717) is 11.9 Å². The molecule has 1 N–H and O–H groups in total. The molecule has 0 bridgehead atoms. The molecule has 2 rings (SSSR count). The number of alkyl halides is 2. The Labute approximate surface area is 108 Å². The van der Waals surface area contributed by atoms with E-state index in [2.05, 4.69) is 25.3 Å². The third kappa shape index (κ3) is 3.12. The lowest BCUT2D eigenvalue weighted by Crippen LogP contribution is -2.27. The third-order valence-electron chi connectivity index (χ3n) is 2.32. The van der Waals surface area contributed by atoms with Crippen molar-refractivity contribution in [2.45, 2.75) is 6.43 Å². The minimum Gasteiger partial charge on any atom is -0.357 e. The first-order valence-electron chi connectivity index (χ1n) is 5.51. The second-order valence-electron chi connectivity index (χ2n) is 3.75. The van der Waals surface area contributed by atoms with Gasteiger partial charge >= 0.3 is 0 Å². The van der Waals surface area contributed by atoms with Crippen LogP contribution in [0.25, 0.3) is 5.95 Å². The summed E-state index contributed by atoms with van der Waals surface area (Å²) in [6, 6.07) is 0. The Kier molecular flexibility index (Phi) is 3.83. The fraction of sp³-hybridized carbons (Fsp3) is 0.400. The van der Waals surface area contributed by atoms with Crippen molar-refractivity contribution in [2.75, 3.05) is 30.9 Å². The highest BCUT2D eigenvalue weighted by Crippen LogP contribution is 2.12. The quantitative estimate of drug-likeness (QED) is 0.865. The average Bonchev–Trinajstić information content (AvgIpc) is 2.91. The Hall–Kier alpha value is -2.32. The first-order valence-corrected chi connectivity index (χ1v) is 5.51. The van der Waals surface area contributed by atoms with Crippen molar-refractivity contribution >= 4 is 11.9 Å². The number of rotatable bonds is 5. The molecule has 7 nitrogen and oxygen atoms in total. The highest BCUT2D eigenvalue weighted by molar-refractivity contribution is 5.39. The summed E-state index contributed by atoms with van der Waals surface area (Å²) in [4.78, 5) is 17.5. The maximum absolute atomic E-state index is 12.4. The molecule has 0 aliphatic heterocycles. The summed E-state index contributed by atoms with van der Waals surface area (Å²) in [6.07, 6.45) is 2.29. The molecule has 0 aliphatic carbocycles. The van der Waals surface area contributed by atoms with Gasteiger partial charge in [-0.2, -0.15) is 15.0 Å². The van der Waals surface area contributed by atoms with E-state index < -0.39 is 13.0 Å². The Morgan fingerprint density at radius 1 is 1.37 bits per heavy atom. The molecule has 0 radical (unpaired) electrons. The Morgan fingerprint density at radius 3 is 2.74 bits per heavy atom. The lowest BCUT2D eigenvalue weighted by molar-refractivity contribution is 0.156. The van der Waals surface area contributed by atoms with Crippen molar-refractivity contribution in [1.82, 2.24) is 24.5 Å². The Morgan fingerprint density at radius 2 is 2.16 bits per heavy atom. The third-order valence-corrected chi connectivity index (χ3v) is 2.32. The maximum Gasteiger partial charge on any atom is 0.255 e. The smallest absolute Gasteiger partial charge is 0.255 e. The summed E-state index contributed by atoms with van der Waals surface area (Å²) in [5.74, 6) is 0.783. The molecule has 19 heavy (non-hydrogen) atoms.